The van der Waals surface area contributed by atoms with Crippen LogP contribution in [0.1, 0.15) is 200 Å². The molecule has 14 heteroatoms. The number of hydrogen-bond acceptors (Lipinski definition) is 13. The standard InChI is InChI=1S/C63H107NO13/c1-3-5-7-9-11-13-15-17-19-21-23-24-25-26-27-29-30-32-34-36-38-40-42-44-46-52(67)51(64-55(68)47-45-43-41-39-37-35-33-31-28-22-20-18-16-14-12-10-8-6-4-2)50-74-62-60(73)58(71)61(54(49-66)76-62)77-63-59(72)57(70)56(69)53(48-65)75-63/h6,8,12,14,18,20,28,31,35-38,41,43-44,46,51-54,56-63,65-67,69-73H,3-5,7,9-11,13,15-17,19,21-27,29-30,32-34,39-40,42,45,47-50H2,1-2H3,(H,64,68)/b8-6-,14-12-,20-18-,31-28-,37-35-,38-36+,43-41-,46-44+. The first-order valence-corrected chi connectivity index (χ1v) is 30.0. The maximum atomic E-state index is 13.2. The van der Waals surface area contributed by atoms with Crippen molar-refractivity contribution >= 4 is 5.91 Å². The first-order chi connectivity index (χ1) is 37.6. The van der Waals surface area contributed by atoms with E-state index in [1.165, 1.54) is 116 Å². The van der Waals surface area contributed by atoms with Crippen LogP contribution >= 0.6 is 0 Å². The number of aliphatic hydroxyl groups excluding tert-OH is 8. The summed E-state index contributed by atoms with van der Waals surface area (Å²) in [5.74, 6) is -0.334. The molecule has 2 aliphatic heterocycles. The van der Waals surface area contributed by atoms with E-state index in [9.17, 15) is 45.6 Å². The fourth-order valence-electron chi connectivity index (χ4n) is 9.21. The fourth-order valence-corrected chi connectivity index (χ4v) is 9.21. The Labute approximate surface area is 464 Å². The zero-order valence-electron chi connectivity index (χ0n) is 47.4. The molecule has 14 nitrogen and oxygen atoms in total. The van der Waals surface area contributed by atoms with Gasteiger partial charge >= 0.3 is 0 Å². The lowest BCUT2D eigenvalue weighted by atomic mass is 9.97. The number of amides is 1. The Kier molecular flexibility index (Phi) is 43.4. The Morgan fingerprint density at radius 2 is 0.909 bits per heavy atom. The van der Waals surface area contributed by atoms with Gasteiger partial charge in [0.05, 0.1) is 32.0 Å². The Hall–Kier alpha value is -3.09. The maximum Gasteiger partial charge on any atom is 0.220 e. The van der Waals surface area contributed by atoms with Crippen LogP contribution in [0.5, 0.6) is 0 Å². The van der Waals surface area contributed by atoms with Crippen molar-refractivity contribution in [2.75, 3.05) is 19.8 Å². The third-order valence-corrected chi connectivity index (χ3v) is 14.0. The van der Waals surface area contributed by atoms with Gasteiger partial charge in [-0.2, -0.15) is 0 Å². The second kappa shape index (κ2) is 47.7. The molecule has 2 saturated heterocycles. The van der Waals surface area contributed by atoms with Crippen molar-refractivity contribution in [2.45, 2.75) is 274 Å². The molecule has 12 unspecified atom stereocenters. The minimum atomic E-state index is -1.80. The van der Waals surface area contributed by atoms with Crippen molar-refractivity contribution in [3.05, 3.63) is 97.2 Å². The lowest BCUT2D eigenvalue weighted by molar-refractivity contribution is -0.359. The van der Waals surface area contributed by atoms with Gasteiger partial charge in [-0.3, -0.25) is 4.79 Å². The van der Waals surface area contributed by atoms with E-state index in [0.29, 0.717) is 12.8 Å². The van der Waals surface area contributed by atoms with E-state index >= 15 is 0 Å². The summed E-state index contributed by atoms with van der Waals surface area (Å²) in [6, 6.07) is -0.979. The van der Waals surface area contributed by atoms with E-state index in [1.807, 2.05) is 18.2 Å². The molecule has 2 fully saturated rings. The highest BCUT2D eigenvalue weighted by atomic mass is 16.7. The van der Waals surface area contributed by atoms with Crippen LogP contribution in [0.3, 0.4) is 0 Å². The second-order valence-electron chi connectivity index (χ2n) is 20.7. The molecule has 9 N–H and O–H groups in total. The van der Waals surface area contributed by atoms with Gasteiger partial charge in [0.25, 0.3) is 0 Å². The second-order valence-corrected chi connectivity index (χ2v) is 20.7. The third kappa shape index (κ3) is 33.3. The van der Waals surface area contributed by atoms with Crippen molar-refractivity contribution in [1.29, 1.82) is 0 Å². The molecule has 0 bridgehead atoms. The molecule has 2 heterocycles. The van der Waals surface area contributed by atoms with Crippen molar-refractivity contribution in [3.8, 4) is 0 Å². The molecular weight excluding hydrogens is 979 g/mol. The van der Waals surface area contributed by atoms with E-state index < -0.39 is 86.8 Å². The van der Waals surface area contributed by atoms with Gasteiger partial charge in [0, 0.05) is 6.42 Å². The number of unbranched alkanes of at least 4 members (excludes halogenated alkanes) is 19. The minimum absolute atomic E-state index is 0.143. The van der Waals surface area contributed by atoms with Crippen LogP contribution in [-0.4, -0.2) is 140 Å². The number of aliphatic hydroxyl groups is 8. The molecule has 77 heavy (non-hydrogen) atoms. The van der Waals surface area contributed by atoms with Gasteiger partial charge in [0.2, 0.25) is 5.91 Å². The average molecular weight is 1090 g/mol. The largest absolute Gasteiger partial charge is 0.394 e. The predicted octanol–water partition coefficient (Wildman–Crippen LogP) is 10.3. The number of nitrogens with one attached hydrogen (secondary N) is 1. The van der Waals surface area contributed by atoms with Crippen molar-refractivity contribution < 1.29 is 64.6 Å². The van der Waals surface area contributed by atoms with Gasteiger partial charge in [-0.15, -0.1) is 0 Å². The highest BCUT2D eigenvalue weighted by Crippen LogP contribution is 2.30. The van der Waals surface area contributed by atoms with Gasteiger partial charge in [-0.1, -0.05) is 220 Å². The van der Waals surface area contributed by atoms with Crippen LogP contribution < -0.4 is 5.32 Å². The summed E-state index contributed by atoms with van der Waals surface area (Å²) < 4.78 is 22.7. The van der Waals surface area contributed by atoms with Crippen LogP contribution in [0.15, 0.2) is 97.2 Å². The molecule has 1 amide bonds. The Bertz CT molecular complexity index is 1660. The number of allylic oxidation sites excluding steroid dienone is 15. The Balaban J connectivity index is 1.82. The van der Waals surface area contributed by atoms with Gasteiger partial charge in [-0.25, -0.2) is 0 Å². The molecule has 442 valence electrons. The lowest BCUT2D eigenvalue weighted by Gasteiger charge is -2.46. The molecule has 0 saturated carbocycles. The van der Waals surface area contributed by atoms with E-state index in [4.69, 9.17) is 18.9 Å². The summed E-state index contributed by atoms with van der Waals surface area (Å²) in [6.45, 7) is 2.61. The summed E-state index contributed by atoms with van der Waals surface area (Å²) in [6.07, 6.45) is 48.9. The number of ether oxygens (including phenoxy) is 4. The smallest absolute Gasteiger partial charge is 0.220 e. The van der Waals surface area contributed by atoms with Crippen LogP contribution in [0.25, 0.3) is 0 Å². The van der Waals surface area contributed by atoms with Crippen molar-refractivity contribution in [1.82, 2.24) is 5.32 Å². The summed E-state index contributed by atoms with van der Waals surface area (Å²) in [4.78, 5) is 13.2. The predicted molar refractivity (Wildman–Crippen MR) is 309 cm³/mol. The normalized spacial score (nSPS) is 25.4. The maximum absolute atomic E-state index is 13.2. The molecule has 0 aromatic rings. The first kappa shape index (κ1) is 70.0. The molecule has 0 aromatic carbocycles. The Morgan fingerprint density at radius 1 is 0.481 bits per heavy atom. The summed E-state index contributed by atoms with van der Waals surface area (Å²) >= 11 is 0. The van der Waals surface area contributed by atoms with Gasteiger partial charge < -0.3 is 65.1 Å². The van der Waals surface area contributed by atoms with Gasteiger partial charge in [0.1, 0.15) is 48.8 Å². The van der Waals surface area contributed by atoms with Crippen molar-refractivity contribution in [3.63, 3.8) is 0 Å². The molecular formula is C63H107NO13. The molecule has 2 aliphatic rings. The minimum Gasteiger partial charge on any atom is -0.394 e. The number of carbonyl (C=O) groups excluding carboxylic acids is 1. The van der Waals surface area contributed by atoms with Crippen LogP contribution in [0.2, 0.25) is 0 Å². The first-order valence-electron chi connectivity index (χ1n) is 30.0. The highest BCUT2D eigenvalue weighted by molar-refractivity contribution is 5.76. The molecule has 0 aliphatic carbocycles. The van der Waals surface area contributed by atoms with Gasteiger partial charge in [0.15, 0.2) is 12.6 Å². The molecule has 0 radical (unpaired) electrons. The zero-order chi connectivity index (χ0) is 56.0. The Morgan fingerprint density at radius 3 is 1.42 bits per heavy atom. The van der Waals surface area contributed by atoms with Crippen LogP contribution in [0, 0.1) is 0 Å². The van der Waals surface area contributed by atoms with Crippen molar-refractivity contribution in [2.24, 2.45) is 0 Å². The number of rotatable bonds is 46. The quantitative estimate of drug-likeness (QED) is 0.0205. The molecule has 2 rings (SSSR count). The monoisotopic (exact) mass is 1090 g/mol. The highest BCUT2D eigenvalue weighted by Gasteiger charge is 2.51. The third-order valence-electron chi connectivity index (χ3n) is 14.0. The van der Waals surface area contributed by atoms with Gasteiger partial charge in [-0.05, 0) is 70.6 Å². The zero-order valence-corrected chi connectivity index (χ0v) is 47.4. The number of carbonyl (C=O) groups is 1. The summed E-state index contributed by atoms with van der Waals surface area (Å²) in [7, 11) is 0. The SMILES string of the molecule is CC/C=C\C/C=C\C/C=C\C/C=C\C/C=C\C/C=C\CCC(=O)NC(COC1OC(CO)C(OC2OC(CO)C(O)C(O)C2O)C(O)C1O)C(O)/C=C/CC/C=C/CCCCCCCCCCCCCCCCCCCC. The van der Waals surface area contributed by atoms with E-state index in [1.54, 1.807) is 6.08 Å². The van der Waals surface area contributed by atoms with Crippen LogP contribution in [-0.2, 0) is 23.7 Å². The molecule has 12 atom stereocenters. The van der Waals surface area contributed by atoms with Crippen LogP contribution in [0.4, 0.5) is 0 Å². The summed E-state index contributed by atoms with van der Waals surface area (Å²) in [5, 5.41) is 87.0. The topological polar surface area (TPSA) is 228 Å². The lowest BCUT2D eigenvalue weighted by Crippen LogP contribution is -2.65. The molecule has 0 aromatic heterocycles. The molecule has 0 spiro atoms. The average Bonchev–Trinajstić information content (AvgIpc) is 3.44. The number of hydrogen-bond donors (Lipinski definition) is 9. The summed E-state index contributed by atoms with van der Waals surface area (Å²) in [5.41, 5.74) is 0. The van der Waals surface area contributed by atoms with E-state index in [0.717, 1.165) is 51.4 Å². The van der Waals surface area contributed by atoms with E-state index in [-0.39, 0.29) is 18.9 Å². The van der Waals surface area contributed by atoms with E-state index in [2.05, 4.69) is 92.1 Å². The fraction of sp³-hybridized carbons (Fsp3) is 0.730.